The molecule has 3 nitrogen and oxygen atoms in total. The van der Waals surface area contributed by atoms with E-state index in [-0.39, 0.29) is 5.91 Å². The van der Waals surface area contributed by atoms with Gasteiger partial charge in [0.15, 0.2) is 4.80 Å². The second-order valence-corrected chi connectivity index (χ2v) is 7.18. The number of thioether (sulfide) groups is 1. The number of aryl methyl sites for hydroxylation is 3. The second-order valence-electron chi connectivity index (χ2n) is 5.19. The summed E-state index contributed by atoms with van der Waals surface area (Å²) in [6.45, 7) is 7.15. The van der Waals surface area contributed by atoms with E-state index < -0.39 is 0 Å². The molecule has 0 aliphatic heterocycles. The van der Waals surface area contributed by atoms with E-state index in [0.29, 0.717) is 6.42 Å². The molecule has 2 aromatic rings. The van der Waals surface area contributed by atoms with E-state index in [1.54, 1.807) is 11.3 Å². The van der Waals surface area contributed by atoms with E-state index in [2.05, 4.69) is 41.8 Å². The van der Waals surface area contributed by atoms with Gasteiger partial charge in [-0.3, -0.25) is 4.79 Å². The second kappa shape index (κ2) is 7.27. The van der Waals surface area contributed by atoms with Crippen LogP contribution in [-0.4, -0.2) is 22.5 Å². The molecule has 0 radical (unpaired) electrons. The normalized spacial score (nSPS) is 12.3. The summed E-state index contributed by atoms with van der Waals surface area (Å²) in [5.74, 6) is 1.00. The molecule has 0 unspecified atom stereocenters. The summed E-state index contributed by atoms with van der Waals surface area (Å²) in [6, 6.07) is 4.42. The Hall–Kier alpha value is -1.07. The van der Waals surface area contributed by atoms with Crippen molar-refractivity contribution in [3.8, 4) is 0 Å². The SMILES string of the molecule is CCCC(=O)N=c1sc2cc(C)c(C)cc2n1CCSC. The highest BCUT2D eigenvalue weighted by molar-refractivity contribution is 7.98. The summed E-state index contributed by atoms with van der Waals surface area (Å²) < 4.78 is 3.40. The standard InChI is InChI=1S/C16H22N2OS2/c1-5-6-15(19)17-16-18(7-8-20-4)13-9-11(2)12(3)10-14(13)21-16/h9-10H,5-8H2,1-4H3. The van der Waals surface area contributed by atoms with Crippen LogP contribution in [0.2, 0.25) is 0 Å². The van der Waals surface area contributed by atoms with Gasteiger partial charge in [0.1, 0.15) is 0 Å². The zero-order valence-corrected chi connectivity index (χ0v) is 14.7. The molecule has 0 bridgehead atoms. The maximum atomic E-state index is 11.9. The molecule has 1 amide bonds. The molecule has 1 aromatic carbocycles. The first-order chi connectivity index (χ1) is 10.1. The minimum absolute atomic E-state index is 0.0181. The van der Waals surface area contributed by atoms with Gasteiger partial charge in [-0.25, -0.2) is 0 Å². The summed E-state index contributed by atoms with van der Waals surface area (Å²) in [6.07, 6.45) is 3.47. The van der Waals surface area contributed by atoms with Gasteiger partial charge in [0.2, 0.25) is 5.91 Å². The molecule has 1 aromatic heterocycles. The summed E-state index contributed by atoms with van der Waals surface area (Å²) in [5.41, 5.74) is 3.76. The fourth-order valence-electron chi connectivity index (χ4n) is 2.18. The zero-order chi connectivity index (χ0) is 15.4. The Morgan fingerprint density at radius 1 is 1.33 bits per heavy atom. The van der Waals surface area contributed by atoms with Gasteiger partial charge in [-0.15, -0.1) is 0 Å². The topological polar surface area (TPSA) is 34.4 Å². The van der Waals surface area contributed by atoms with Crippen molar-refractivity contribution in [3.63, 3.8) is 0 Å². The Bertz CT molecular complexity index is 713. The van der Waals surface area contributed by atoms with Crippen LogP contribution in [-0.2, 0) is 11.3 Å². The molecule has 2 rings (SSSR count). The van der Waals surface area contributed by atoms with Crippen molar-refractivity contribution in [2.24, 2.45) is 4.99 Å². The molecule has 0 N–H and O–H groups in total. The molecule has 0 saturated heterocycles. The predicted molar refractivity (Wildman–Crippen MR) is 93.1 cm³/mol. The van der Waals surface area contributed by atoms with Gasteiger partial charge < -0.3 is 4.57 Å². The smallest absolute Gasteiger partial charge is 0.248 e. The Balaban J connectivity index is 2.60. The van der Waals surface area contributed by atoms with E-state index in [9.17, 15) is 4.79 Å². The largest absolute Gasteiger partial charge is 0.316 e. The lowest BCUT2D eigenvalue weighted by molar-refractivity contribution is -0.118. The van der Waals surface area contributed by atoms with Crippen LogP contribution < -0.4 is 4.80 Å². The minimum atomic E-state index is -0.0181. The fraction of sp³-hybridized carbons (Fsp3) is 0.500. The average molecular weight is 322 g/mol. The molecule has 5 heteroatoms. The number of carbonyl (C=O) groups excluding carboxylic acids is 1. The highest BCUT2D eigenvalue weighted by Gasteiger charge is 2.09. The van der Waals surface area contributed by atoms with Gasteiger partial charge in [0.05, 0.1) is 10.2 Å². The molecular formula is C16H22N2OS2. The predicted octanol–water partition coefficient (Wildman–Crippen LogP) is 3.91. The molecule has 0 atom stereocenters. The Morgan fingerprint density at radius 2 is 2.05 bits per heavy atom. The molecule has 0 fully saturated rings. The Kier molecular flexibility index (Phi) is 5.65. The average Bonchev–Trinajstić information content (AvgIpc) is 2.74. The number of hydrogen-bond donors (Lipinski definition) is 0. The lowest BCUT2D eigenvalue weighted by atomic mass is 10.1. The summed E-state index contributed by atoms with van der Waals surface area (Å²) in [5, 5.41) is 0. The van der Waals surface area contributed by atoms with Crippen LogP contribution in [0.3, 0.4) is 0 Å². The van der Waals surface area contributed by atoms with Crippen LogP contribution in [0.25, 0.3) is 10.2 Å². The number of benzene rings is 1. The maximum absolute atomic E-state index is 11.9. The number of rotatable bonds is 5. The minimum Gasteiger partial charge on any atom is -0.316 e. The van der Waals surface area contributed by atoms with Crippen LogP contribution in [0, 0.1) is 13.8 Å². The Morgan fingerprint density at radius 3 is 2.71 bits per heavy atom. The van der Waals surface area contributed by atoms with E-state index in [4.69, 9.17) is 0 Å². The number of fused-ring (bicyclic) bond motifs is 1. The lowest BCUT2D eigenvalue weighted by Crippen LogP contribution is -2.18. The van der Waals surface area contributed by atoms with Crippen molar-refractivity contribution in [1.82, 2.24) is 4.57 Å². The number of aromatic nitrogens is 1. The van der Waals surface area contributed by atoms with Crippen molar-refractivity contribution in [3.05, 3.63) is 28.1 Å². The summed E-state index contributed by atoms with van der Waals surface area (Å²) >= 11 is 3.43. The van der Waals surface area contributed by atoms with E-state index >= 15 is 0 Å². The van der Waals surface area contributed by atoms with Crippen molar-refractivity contribution < 1.29 is 4.79 Å². The van der Waals surface area contributed by atoms with E-state index in [1.165, 1.54) is 21.3 Å². The third kappa shape index (κ3) is 3.77. The first kappa shape index (κ1) is 16.3. The number of carbonyl (C=O) groups is 1. The molecule has 0 saturated carbocycles. The first-order valence-corrected chi connectivity index (χ1v) is 9.45. The number of thiazole rings is 1. The van der Waals surface area contributed by atoms with Crippen molar-refractivity contribution in [2.75, 3.05) is 12.0 Å². The molecule has 21 heavy (non-hydrogen) atoms. The molecular weight excluding hydrogens is 300 g/mol. The van der Waals surface area contributed by atoms with E-state index in [0.717, 1.165) is 23.5 Å². The van der Waals surface area contributed by atoms with Gasteiger partial charge in [0.25, 0.3) is 0 Å². The highest BCUT2D eigenvalue weighted by atomic mass is 32.2. The van der Waals surface area contributed by atoms with Gasteiger partial charge in [0, 0.05) is 18.7 Å². The van der Waals surface area contributed by atoms with Crippen LogP contribution in [0.1, 0.15) is 30.9 Å². The van der Waals surface area contributed by atoms with E-state index in [1.807, 2.05) is 18.7 Å². The zero-order valence-electron chi connectivity index (χ0n) is 13.1. The van der Waals surface area contributed by atoms with Gasteiger partial charge in [-0.05, 0) is 49.8 Å². The first-order valence-electron chi connectivity index (χ1n) is 7.24. The fourth-order valence-corrected chi connectivity index (χ4v) is 3.70. The maximum Gasteiger partial charge on any atom is 0.248 e. The molecule has 1 heterocycles. The third-order valence-electron chi connectivity index (χ3n) is 3.50. The van der Waals surface area contributed by atoms with Crippen molar-refractivity contribution >= 4 is 39.2 Å². The monoisotopic (exact) mass is 322 g/mol. The number of nitrogens with zero attached hydrogens (tertiary/aromatic N) is 2. The third-order valence-corrected chi connectivity index (χ3v) is 5.13. The van der Waals surface area contributed by atoms with Crippen molar-refractivity contribution in [1.29, 1.82) is 0 Å². The number of hydrogen-bond acceptors (Lipinski definition) is 3. The Labute approximate surface area is 134 Å². The van der Waals surface area contributed by atoms with Crippen molar-refractivity contribution in [2.45, 2.75) is 40.2 Å². The highest BCUT2D eigenvalue weighted by Crippen LogP contribution is 2.22. The molecule has 0 aliphatic rings. The van der Waals surface area contributed by atoms with Crippen LogP contribution in [0.4, 0.5) is 0 Å². The summed E-state index contributed by atoms with van der Waals surface area (Å²) in [4.78, 5) is 17.0. The molecule has 0 spiro atoms. The summed E-state index contributed by atoms with van der Waals surface area (Å²) in [7, 11) is 0. The van der Waals surface area contributed by atoms with Gasteiger partial charge in [-0.2, -0.15) is 16.8 Å². The van der Waals surface area contributed by atoms with Crippen LogP contribution in [0.15, 0.2) is 17.1 Å². The van der Waals surface area contributed by atoms with Gasteiger partial charge >= 0.3 is 0 Å². The molecule has 0 aliphatic carbocycles. The lowest BCUT2D eigenvalue weighted by Gasteiger charge is -2.05. The van der Waals surface area contributed by atoms with Crippen LogP contribution >= 0.6 is 23.1 Å². The quantitative estimate of drug-likeness (QED) is 0.836. The van der Waals surface area contributed by atoms with Gasteiger partial charge in [-0.1, -0.05) is 18.3 Å². The molecule has 114 valence electrons. The van der Waals surface area contributed by atoms with Crippen LogP contribution in [0.5, 0.6) is 0 Å². The number of amides is 1.